The summed E-state index contributed by atoms with van der Waals surface area (Å²) in [4.78, 5) is 148. The second kappa shape index (κ2) is 31.9. The Kier molecular flexibility index (Phi) is 25.6. The summed E-state index contributed by atoms with van der Waals surface area (Å²) in [5, 5.41) is 16.0. The van der Waals surface area contributed by atoms with E-state index in [-0.39, 0.29) is 102 Å². The van der Waals surface area contributed by atoms with Crippen LogP contribution in [-0.4, -0.2) is 155 Å². The smallest absolute Gasteiger partial charge is 0.246 e. The third-order valence-corrected chi connectivity index (χ3v) is 13.8. The summed E-state index contributed by atoms with van der Waals surface area (Å²) in [5.41, 5.74) is 35.2. The molecule has 27 heteroatoms. The van der Waals surface area contributed by atoms with Crippen LogP contribution >= 0.6 is 0 Å². The van der Waals surface area contributed by atoms with Gasteiger partial charge in [-0.3, -0.25) is 57.9 Å². The van der Waals surface area contributed by atoms with Crippen LogP contribution in [0.25, 0.3) is 0 Å². The zero-order chi connectivity index (χ0) is 59.9. The lowest BCUT2D eigenvalue weighted by Crippen LogP contribution is -2.62. The van der Waals surface area contributed by atoms with Crippen LogP contribution in [0.5, 0.6) is 5.75 Å². The molecule has 10 amide bonds. The molecule has 2 aromatic carbocycles. The van der Waals surface area contributed by atoms with E-state index in [0.29, 0.717) is 18.8 Å². The number of hydrogen-bond donors (Lipinski definition) is 12. The number of carbonyl (C=O) groups is 10. The molecule has 4 rings (SSSR count). The minimum Gasteiger partial charge on any atom is -0.494 e. The van der Waals surface area contributed by atoms with Crippen LogP contribution in [-0.2, 0) is 67.3 Å². The van der Waals surface area contributed by atoms with Crippen molar-refractivity contribution in [1.82, 2.24) is 41.7 Å². The highest BCUT2D eigenvalue weighted by Gasteiger charge is 2.42. The highest BCUT2D eigenvalue weighted by molar-refractivity contribution is 5.99. The molecule has 0 unspecified atom stereocenters. The average molecular weight is 1130 g/mol. The van der Waals surface area contributed by atoms with Crippen LogP contribution < -0.4 is 71.0 Å². The third-order valence-electron chi connectivity index (χ3n) is 13.8. The van der Waals surface area contributed by atoms with Crippen LogP contribution in [0.1, 0.15) is 109 Å². The predicted molar refractivity (Wildman–Crippen MR) is 300 cm³/mol. The number of fused-ring (bicyclic) bond motifs is 1. The molecule has 0 aromatic heterocycles. The fourth-order valence-corrected chi connectivity index (χ4v) is 9.48. The molecule has 2 aliphatic rings. The number of aliphatic imine (C=N–C) groups is 2. The van der Waals surface area contributed by atoms with Crippen LogP contribution in [0.4, 0.5) is 0 Å². The van der Waals surface area contributed by atoms with Crippen molar-refractivity contribution in [3.63, 3.8) is 0 Å². The Morgan fingerprint density at radius 2 is 1.20 bits per heavy atom. The molecule has 18 N–H and O–H groups in total. The minimum absolute atomic E-state index is 0.00619. The summed E-state index contributed by atoms with van der Waals surface area (Å²) >= 11 is 0. The van der Waals surface area contributed by atoms with Crippen molar-refractivity contribution >= 4 is 71.0 Å². The molecule has 2 aromatic rings. The van der Waals surface area contributed by atoms with E-state index in [1.165, 1.54) is 9.80 Å². The number of carbonyl (C=O) groups excluding carboxylic acids is 10. The van der Waals surface area contributed by atoms with E-state index in [2.05, 4.69) is 41.9 Å². The molecule has 0 saturated carbocycles. The summed E-state index contributed by atoms with van der Waals surface area (Å²) in [6.07, 6.45) is 0.679. The van der Waals surface area contributed by atoms with Crippen LogP contribution in [0.2, 0.25) is 0 Å². The second-order valence-electron chi connectivity index (χ2n) is 20.3. The standard InChI is InChI=1S/C54H82N16O11/c1-6-35(51(79)69-25-13-18-40(69)48(76)66-37(17-12-24-62-54(59)60)46(74)65-36(45(56)73)16-11-23-61-53(57)58)64-47(75)38(28-42(55)71)67-50(78)44(30(4)5)68-49(77)41-27-32-14-9-10-15-33(32)29-70(41)52(80)39(63-43(72)7-2)26-31-19-21-34(22-20-31)81-8-3/h9-10,14-15,19-22,30,35-41,44H,6-8,11-13,16-18,23-29H2,1-5H3,(H2,55,71)(H2,56,73)(H,63,72)(H,64,75)(H,65,74)(H,66,76)(H,67,78)(H,68,77)(H4,57,58,61)(H4,59,60,62)/t35-,36-,37-,38-,39+,40-,41-,44-/m0/s1. The topological polar surface area (TPSA) is 439 Å². The summed E-state index contributed by atoms with van der Waals surface area (Å²) in [5.74, 6) is -7.73. The van der Waals surface area contributed by atoms with Gasteiger partial charge in [-0.1, -0.05) is 64.1 Å². The molecule has 0 spiro atoms. The van der Waals surface area contributed by atoms with Gasteiger partial charge in [0.1, 0.15) is 54.1 Å². The Hall–Kier alpha value is -8.52. The minimum atomic E-state index is -1.65. The summed E-state index contributed by atoms with van der Waals surface area (Å²) in [7, 11) is 0. The molecule has 1 fully saturated rings. The number of guanidine groups is 2. The number of nitrogens with zero attached hydrogens (tertiary/aromatic N) is 4. The van der Waals surface area contributed by atoms with E-state index in [0.717, 1.165) is 16.7 Å². The molecule has 1 saturated heterocycles. The number of amides is 10. The zero-order valence-electron chi connectivity index (χ0n) is 46.9. The van der Waals surface area contributed by atoms with Gasteiger partial charge in [0.05, 0.1) is 13.0 Å². The molecule has 0 bridgehead atoms. The SMILES string of the molecule is CCOc1ccc(C[C@@H](NC(=O)CC)C(=O)N2Cc3ccccc3C[C@H]2C(=O)N[C@H](C(=O)N[C@@H](CC(N)=O)C(=O)N[C@@H](CC)C(=O)N2CCC[C@H]2C(=O)N[C@@H](CCCN=C(N)N)C(=O)N[C@@H](CCCN=C(N)N)C(N)=O)C(C)C)cc1. The van der Waals surface area contributed by atoms with Gasteiger partial charge in [0.2, 0.25) is 59.1 Å². The van der Waals surface area contributed by atoms with E-state index in [1.807, 2.05) is 25.1 Å². The molecule has 0 aliphatic carbocycles. The number of hydrogen-bond acceptors (Lipinski definition) is 13. The first kappa shape index (κ1) is 65.0. The maximum Gasteiger partial charge on any atom is 0.246 e. The second-order valence-corrected chi connectivity index (χ2v) is 20.3. The lowest BCUT2D eigenvalue weighted by atomic mass is 9.91. The summed E-state index contributed by atoms with van der Waals surface area (Å²) in [6, 6.07) is 4.40. The van der Waals surface area contributed by atoms with Crippen LogP contribution in [0.15, 0.2) is 58.5 Å². The van der Waals surface area contributed by atoms with Gasteiger partial charge in [0.15, 0.2) is 11.9 Å². The molecule has 8 atom stereocenters. The van der Waals surface area contributed by atoms with Gasteiger partial charge >= 0.3 is 0 Å². The number of likely N-dealkylation sites (tertiary alicyclic amines) is 1. The van der Waals surface area contributed by atoms with Crippen molar-refractivity contribution in [3.05, 3.63) is 65.2 Å². The van der Waals surface area contributed by atoms with Crippen molar-refractivity contribution in [2.24, 2.45) is 50.3 Å². The molecule has 2 aliphatic heterocycles. The molecule has 81 heavy (non-hydrogen) atoms. The Balaban J connectivity index is 1.52. The molecule has 2 heterocycles. The van der Waals surface area contributed by atoms with E-state index < -0.39 is 114 Å². The van der Waals surface area contributed by atoms with Gasteiger partial charge < -0.3 is 80.8 Å². The summed E-state index contributed by atoms with van der Waals surface area (Å²) in [6.45, 7) is 9.22. The Morgan fingerprint density at radius 3 is 1.77 bits per heavy atom. The van der Waals surface area contributed by atoms with Gasteiger partial charge in [-0.15, -0.1) is 0 Å². The number of rotatable bonds is 31. The molecule has 27 nitrogen and oxygen atoms in total. The number of nitrogens with two attached hydrogens (primary N) is 6. The number of nitrogens with one attached hydrogen (secondary N) is 6. The Bertz CT molecular complexity index is 2610. The number of primary amides is 2. The third kappa shape index (κ3) is 20.0. The first-order chi connectivity index (χ1) is 38.5. The van der Waals surface area contributed by atoms with Crippen molar-refractivity contribution in [3.8, 4) is 5.75 Å². The van der Waals surface area contributed by atoms with Gasteiger partial charge in [-0.2, -0.15) is 0 Å². The predicted octanol–water partition coefficient (Wildman–Crippen LogP) is -2.58. The largest absolute Gasteiger partial charge is 0.494 e. The summed E-state index contributed by atoms with van der Waals surface area (Å²) < 4.78 is 5.57. The highest BCUT2D eigenvalue weighted by atomic mass is 16.5. The maximum atomic E-state index is 14.7. The van der Waals surface area contributed by atoms with Gasteiger partial charge in [0.25, 0.3) is 0 Å². The van der Waals surface area contributed by atoms with Crippen molar-refractivity contribution < 1.29 is 52.7 Å². The van der Waals surface area contributed by atoms with Crippen molar-refractivity contribution in [1.29, 1.82) is 0 Å². The van der Waals surface area contributed by atoms with Gasteiger partial charge in [0, 0.05) is 45.4 Å². The zero-order valence-corrected chi connectivity index (χ0v) is 46.9. The monoisotopic (exact) mass is 1130 g/mol. The van der Waals surface area contributed by atoms with E-state index in [1.54, 1.807) is 58.0 Å². The lowest BCUT2D eigenvalue weighted by Gasteiger charge is -2.39. The van der Waals surface area contributed by atoms with Gasteiger partial charge in [-0.25, -0.2) is 0 Å². The van der Waals surface area contributed by atoms with Crippen LogP contribution in [0, 0.1) is 5.92 Å². The molecular formula is C54H82N16O11. The fourth-order valence-electron chi connectivity index (χ4n) is 9.48. The molecule has 444 valence electrons. The highest BCUT2D eigenvalue weighted by Crippen LogP contribution is 2.26. The van der Waals surface area contributed by atoms with E-state index in [4.69, 9.17) is 39.1 Å². The first-order valence-electron chi connectivity index (χ1n) is 27.4. The van der Waals surface area contributed by atoms with E-state index >= 15 is 0 Å². The first-order valence-corrected chi connectivity index (χ1v) is 27.4. The van der Waals surface area contributed by atoms with Crippen molar-refractivity contribution in [2.45, 2.75) is 160 Å². The van der Waals surface area contributed by atoms with Crippen molar-refractivity contribution in [2.75, 3.05) is 26.2 Å². The quantitative estimate of drug-likeness (QED) is 0.0210. The number of ether oxygens (including phenoxy) is 1. The normalized spacial score (nSPS) is 16.8. The Labute approximate surface area is 471 Å². The average Bonchev–Trinajstić information content (AvgIpc) is 4.01. The van der Waals surface area contributed by atoms with Crippen LogP contribution in [0.3, 0.4) is 0 Å². The fraction of sp³-hybridized carbons (Fsp3) is 0.556. The molecule has 0 radical (unpaired) electrons. The van der Waals surface area contributed by atoms with E-state index in [9.17, 15) is 47.9 Å². The number of benzene rings is 2. The maximum absolute atomic E-state index is 14.7. The lowest BCUT2D eigenvalue weighted by molar-refractivity contribution is -0.145. The van der Waals surface area contributed by atoms with Gasteiger partial charge in [-0.05, 0) is 86.6 Å². The molecular weight excluding hydrogens is 1050 g/mol. The Morgan fingerprint density at radius 1 is 0.630 bits per heavy atom.